The number of rotatable bonds is 3. The Morgan fingerprint density at radius 3 is 3.08 bits per heavy atom. The zero-order valence-corrected chi connectivity index (χ0v) is 8.15. The van der Waals surface area contributed by atoms with E-state index < -0.39 is 11.2 Å². The van der Waals surface area contributed by atoms with E-state index in [-0.39, 0.29) is 0 Å². The number of aliphatic imine (C=N–C) groups is 1. The summed E-state index contributed by atoms with van der Waals surface area (Å²) in [7, 11) is 0. The van der Waals surface area contributed by atoms with Crippen LogP contribution in [0, 0.1) is 0 Å². The molecule has 1 aliphatic rings. The summed E-state index contributed by atoms with van der Waals surface area (Å²) >= 11 is -1.15. The molecule has 1 aliphatic heterocycles. The summed E-state index contributed by atoms with van der Waals surface area (Å²) < 4.78 is 15.6. The van der Waals surface area contributed by atoms with Crippen LogP contribution in [0.3, 0.4) is 0 Å². The molecular formula is C6H14N4OS. The van der Waals surface area contributed by atoms with Gasteiger partial charge >= 0.3 is 0 Å². The Kier molecular flexibility index (Phi) is 3.64. The molecule has 1 unspecified atom stereocenters. The molecular weight excluding hydrogens is 176 g/mol. The molecule has 6 heteroatoms. The topological polar surface area (TPSA) is 56.7 Å². The zero-order valence-electron chi connectivity index (χ0n) is 7.33. The van der Waals surface area contributed by atoms with E-state index >= 15 is 0 Å². The fourth-order valence-corrected chi connectivity index (χ4v) is 1.87. The van der Waals surface area contributed by atoms with Crippen molar-refractivity contribution in [2.45, 2.75) is 13.8 Å². The molecule has 0 saturated carbocycles. The second-order valence-electron chi connectivity index (χ2n) is 2.32. The van der Waals surface area contributed by atoms with Crippen molar-refractivity contribution < 1.29 is 4.21 Å². The van der Waals surface area contributed by atoms with Crippen molar-refractivity contribution in [1.82, 2.24) is 14.6 Å². The van der Waals surface area contributed by atoms with Crippen molar-refractivity contribution >= 4 is 17.0 Å². The van der Waals surface area contributed by atoms with Crippen molar-refractivity contribution in [3.05, 3.63) is 0 Å². The van der Waals surface area contributed by atoms with Crippen molar-refractivity contribution in [2.75, 3.05) is 19.6 Å². The fraction of sp³-hybridized carbons (Fsp3) is 0.833. The number of hydrogen-bond donors (Lipinski definition) is 2. The first kappa shape index (κ1) is 9.63. The van der Waals surface area contributed by atoms with Crippen LogP contribution in [0.2, 0.25) is 0 Å². The van der Waals surface area contributed by atoms with E-state index in [1.54, 1.807) is 4.41 Å². The van der Waals surface area contributed by atoms with Crippen LogP contribution in [0.5, 0.6) is 0 Å². The lowest BCUT2D eigenvalue weighted by Gasteiger charge is -2.09. The van der Waals surface area contributed by atoms with Gasteiger partial charge in [-0.3, -0.25) is 9.71 Å². The van der Waals surface area contributed by atoms with Gasteiger partial charge in [-0.25, -0.2) is 9.63 Å². The average molecular weight is 190 g/mol. The molecule has 0 spiro atoms. The van der Waals surface area contributed by atoms with Crippen molar-refractivity contribution in [3.8, 4) is 0 Å². The summed E-state index contributed by atoms with van der Waals surface area (Å²) in [5.74, 6) is 0.789. The van der Waals surface area contributed by atoms with Crippen molar-refractivity contribution in [3.63, 3.8) is 0 Å². The first-order chi connectivity index (χ1) is 5.77. The van der Waals surface area contributed by atoms with E-state index in [9.17, 15) is 4.21 Å². The van der Waals surface area contributed by atoms with Crippen LogP contribution in [-0.2, 0) is 11.2 Å². The van der Waals surface area contributed by atoms with Crippen LogP contribution in [0.15, 0.2) is 4.99 Å². The van der Waals surface area contributed by atoms with Gasteiger partial charge in [0.1, 0.15) is 5.84 Å². The zero-order chi connectivity index (χ0) is 8.97. The second kappa shape index (κ2) is 4.54. The molecule has 1 heterocycles. The van der Waals surface area contributed by atoms with Gasteiger partial charge in [-0.2, -0.15) is 0 Å². The summed E-state index contributed by atoms with van der Waals surface area (Å²) in [5.41, 5.74) is 2.97. The van der Waals surface area contributed by atoms with Gasteiger partial charge in [-0.15, -0.1) is 4.41 Å². The quantitative estimate of drug-likeness (QED) is 0.625. The van der Waals surface area contributed by atoms with Crippen molar-refractivity contribution in [1.29, 1.82) is 0 Å². The van der Waals surface area contributed by atoms with Gasteiger partial charge in [0.15, 0.2) is 0 Å². The molecule has 0 amide bonds. The smallest absolute Gasteiger partial charge is 0.211 e. The first-order valence-corrected chi connectivity index (χ1v) is 5.11. The first-order valence-electron chi connectivity index (χ1n) is 4.00. The number of nitrogens with zero attached hydrogens (tertiary/aromatic N) is 2. The van der Waals surface area contributed by atoms with Gasteiger partial charge in [0.25, 0.3) is 0 Å². The Bertz CT molecular complexity index is 206. The third-order valence-corrected chi connectivity index (χ3v) is 2.45. The summed E-state index contributed by atoms with van der Waals surface area (Å²) in [4.78, 5) is 4.14. The lowest BCUT2D eigenvalue weighted by molar-refractivity contribution is 0.392. The molecule has 0 aromatic carbocycles. The molecule has 0 radical (unpaired) electrons. The number of amidine groups is 1. The predicted molar refractivity (Wildman–Crippen MR) is 49.6 cm³/mol. The minimum atomic E-state index is -1.15. The van der Waals surface area contributed by atoms with E-state index in [1.165, 1.54) is 0 Å². The maximum absolute atomic E-state index is 11.2. The Morgan fingerprint density at radius 2 is 2.50 bits per heavy atom. The molecule has 1 atom stereocenters. The average Bonchev–Trinajstić information content (AvgIpc) is 2.34. The molecule has 70 valence electrons. The van der Waals surface area contributed by atoms with Crippen LogP contribution in [0.1, 0.15) is 13.8 Å². The standard InChI is InChI=1S/C6H14N4OS/c1-3-7-6-5-10(8-4-2)12(11)9-6/h8H,3-5H2,1-2H3,(H,7,9). The van der Waals surface area contributed by atoms with Crippen LogP contribution in [-0.4, -0.2) is 34.1 Å². The highest BCUT2D eigenvalue weighted by molar-refractivity contribution is 7.81. The third kappa shape index (κ3) is 2.26. The van der Waals surface area contributed by atoms with E-state index in [1.807, 2.05) is 13.8 Å². The molecule has 0 aliphatic carbocycles. The Balaban J connectivity index is 2.50. The third-order valence-electron chi connectivity index (χ3n) is 1.38. The highest BCUT2D eigenvalue weighted by atomic mass is 32.2. The van der Waals surface area contributed by atoms with Gasteiger partial charge in [0.05, 0.1) is 6.54 Å². The largest absolute Gasteiger partial charge is 0.278 e. The minimum absolute atomic E-state index is 0.592. The molecule has 0 aromatic heterocycles. The molecule has 0 bridgehead atoms. The lowest BCUT2D eigenvalue weighted by Crippen LogP contribution is -2.37. The number of nitrogens with one attached hydrogen (secondary N) is 2. The summed E-state index contributed by atoms with van der Waals surface area (Å²) in [6.07, 6.45) is 0. The van der Waals surface area contributed by atoms with E-state index in [0.29, 0.717) is 6.54 Å². The van der Waals surface area contributed by atoms with E-state index in [4.69, 9.17) is 0 Å². The van der Waals surface area contributed by atoms with Gasteiger partial charge in [-0.05, 0) is 6.92 Å². The lowest BCUT2D eigenvalue weighted by atomic mass is 10.6. The molecule has 5 nitrogen and oxygen atoms in total. The summed E-state index contributed by atoms with van der Waals surface area (Å²) in [5, 5.41) is 0. The van der Waals surface area contributed by atoms with Gasteiger partial charge in [0, 0.05) is 13.1 Å². The number of hydrazine groups is 1. The van der Waals surface area contributed by atoms with Gasteiger partial charge < -0.3 is 0 Å². The predicted octanol–water partition coefficient (Wildman–Crippen LogP) is -0.587. The SMILES string of the molecule is CCN=C1CN(NCC)S(=O)N1. The van der Waals surface area contributed by atoms with Crippen LogP contribution >= 0.6 is 0 Å². The van der Waals surface area contributed by atoms with Gasteiger partial charge in [-0.1, -0.05) is 6.92 Å². The summed E-state index contributed by atoms with van der Waals surface area (Å²) in [6, 6.07) is 0. The maximum Gasteiger partial charge on any atom is 0.211 e. The van der Waals surface area contributed by atoms with E-state index in [0.717, 1.165) is 18.9 Å². The van der Waals surface area contributed by atoms with E-state index in [2.05, 4.69) is 15.1 Å². The Hall–Kier alpha value is -0.460. The molecule has 1 rings (SSSR count). The monoisotopic (exact) mass is 190 g/mol. The number of hydrogen-bond acceptors (Lipinski definition) is 3. The maximum atomic E-state index is 11.2. The highest BCUT2D eigenvalue weighted by Gasteiger charge is 2.23. The van der Waals surface area contributed by atoms with Crippen LogP contribution < -0.4 is 10.1 Å². The molecule has 0 aromatic rings. The fourth-order valence-electron chi connectivity index (χ4n) is 0.947. The molecule has 12 heavy (non-hydrogen) atoms. The second-order valence-corrected chi connectivity index (χ2v) is 3.46. The normalized spacial score (nSPS) is 27.8. The Morgan fingerprint density at radius 1 is 1.75 bits per heavy atom. The van der Waals surface area contributed by atoms with Crippen LogP contribution in [0.4, 0.5) is 0 Å². The minimum Gasteiger partial charge on any atom is -0.278 e. The highest BCUT2D eigenvalue weighted by Crippen LogP contribution is 1.97. The summed E-state index contributed by atoms with van der Waals surface area (Å²) in [6.45, 7) is 6.00. The molecule has 1 fully saturated rings. The van der Waals surface area contributed by atoms with Crippen LogP contribution in [0.25, 0.3) is 0 Å². The molecule has 2 N–H and O–H groups in total. The molecule has 1 saturated heterocycles. The van der Waals surface area contributed by atoms with Gasteiger partial charge in [0.2, 0.25) is 11.2 Å². The van der Waals surface area contributed by atoms with Crippen molar-refractivity contribution in [2.24, 2.45) is 4.99 Å². The Labute approximate surface area is 74.9 Å².